The fourth-order valence-corrected chi connectivity index (χ4v) is 3.42. The number of amides is 2. The number of hydrogen-bond donors (Lipinski definition) is 2. The molecule has 0 atom stereocenters. The zero-order chi connectivity index (χ0) is 25.9. The van der Waals surface area contributed by atoms with E-state index in [9.17, 15) is 9.59 Å². The van der Waals surface area contributed by atoms with Gasteiger partial charge in [0.05, 0.1) is 12.4 Å². The second-order valence-electron chi connectivity index (χ2n) is 8.48. The first-order chi connectivity index (χ1) is 17.3. The van der Waals surface area contributed by atoms with E-state index in [1.807, 2.05) is 88.4 Å². The van der Waals surface area contributed by atoms with Crippen LogP contribution in [0.25, 0.3) is 0 Å². The van der Waals surface area contributed by atoms with E-state index < -0.39 is 0 Å². The number of hydrazone groups is 2. The molecule has 0 bridgehead atoms. The fourth-order valence-electron chi connectivity index (χ4n) is 3.42. The van der Waals surface area contributed by atoms with Gasteiger partial charge in [0.25, 0.3) is 11.8 Å². The highest BCUT2D eigenvalue weighted by Gasteiger charge is 2.04. The predicted octanol–water partition coefficient (Wildman–Crippen LogP) is 3.98. The maximum Gasteiger partial charge on any atom is 0.277 e. The first kappa shape index (κ1) is 26.2. The minimum absolute atomic E-state index is 0.128. The lowest BCUT2D eigenvalue weighted by molar-refractivity contribution is -0.123. The first-order valence-corrected chi connectivity index (χ1v) is 11.4. The van der Waals surface area contributed by atoms with Crippen LogP contribution in [-0.2, 0) is 9.59 Å². The Labute approximate surface area is 211 Å². The molecule has 0 aromatic heterocycles. The van der Waals surface area contributed by atoms with E-state index in [1.165, 1.54) is 12.4 Å². The summed E-state index contributed by atoms with van der Waals surface area (Å²) in [5.74, 6) is 0.584. The average molecular weight is 487 g/mol. The number of hydrogen-bond acceptors (Lipinski definition) is 6. The van der Waals surface area contributed by atoms with Crippen LogP contribution in [-0.4, -0.2) is 37.5 Å². The van der Waals surface area contributed by atoms with Crippen LogP contribution in [0.15, 0.2) is 70.9 Å². The van der Waals surface area contributed by atoms with Gasteiger partial charge in [-0.25, -0.2) is 10.9 Å². The van der Waals surface area contributed by atoms with Crippen molar-refractivity contribution in [2.75, 3.05) is 13.2 Å². The number of nitrogens with zero attached hydrogens (tertiary/aromatic N) is 2. The highest BCUT2D eigenvalue weighted by atomic mass is 16.5. The zero-order valence-electron chi connectivity index (χ0n) is 20.9. The van der Waals surface area contributed by atoms with Crippen molar-refractivity contribution in [3.8, 4) is 11.5 Å². The molecule has 3 rings (SSSR count). The van der Waals surface area contributed by atoms with Gasteiger partial charge in [0.15, 0.2) is 13.2 Å². The summed E-state index contributed by atoms with van der Waals surface area (Å²) in [6.07, 6.45) is 3.06. The minimum atomic E-state index is -0.355. The van der Waals surface area contributed by atoms with Crippen LogP contribution in [0.1, 0.15) is 33.4 Å². The molecule has 0 heterocycles. The second-order valence-corrected chi connectivity index (χ2v) is 8.48. The normalized spacial score (nSPS) is 11.0. The molecule has 36 heavy (non-hydrogen) atoms. The Bertz CT molecular complexity index is 1130. The number of rotatable bonds is 10. The van der Waals surface area contributed by atoms with Gasteiger partial charge in [0.1, 0.15) is 11.5 Å². The third-order valence-electron chi connectivity index (χ3n) is 4.87. The molecule has 8 nitrogen and oxygen atoms in total. The quantitative estimate of drug-likeness (QED) is 0.334. The summed E-state index contributed by atoms with van der Waals surface area (Å²) in [5.41, 5.74) is 10.7. The highest BCUT2D eigenvalue weighted by Crippen LogP contribution is 2.16. The molecule has 0 aliphatic heterocycles. The van der Waals surface area contributed by atoms with Gasteiger partial charge in [0, 0.05) is 0 Å². The molecule has 0 spiro atoms. The second kappa shape index (κ2) is 12.9. The Morgan fingerprint density at radius 2 is 0.972 bits per heavy atom. The molecular weight excluding hydrogens is 456 g/mol. The third kappa shape index (κ3) is 9.06. The van der Waals surface area contributed by atoms with Crippen LogP contribution in [0, 0.1) is 27.7 Å². The molecule has 0 aliphatic carbocycles. The van der Waals surface area contributed by atoms with Gasteiger partial charge >= 0.3 is 0 Å². The van der Waals surface area contributed by atoms with Gasteiger partial charge in [0.2, 0.25) is 0 Å². The molecule has 3 aromatic carbocycles. The van der Waals surface area contributed by atoms with Gasteiger partial charge in [-0.1, -0.05) is 36.4 Å². The molecule has 2 N–H and O–H groups in total. The van der Waals surface area contributed by atoms with E-state index in [-0.39, 0.29) is 25.0 Å². The van der Waals surface area contributed by atoms with E-state index in [1.54, 1.807) is 0 Å². The summed E-state index contributed by atoms with van der Waals surface area (Å²) in [7, 11) is 0. The number of carbonyl (C=O) groups is 2. The van der Waals surface area contributed by atoms with Crippen molar-refractivity contribution in [3.63, 3.8) is 0 Å². The highest BCUT2D eigenvalue weighted by molar-refractivity contribution is 5.86. The van der Waals surface area contributed by atoms with Crippen LogP contribution in [0.4, 0.5) is 0 Å². The largest absolute Gasteiger partial charge is 0.484 e. The number of carbonyl (C=O) groups excluding carboxylic acids is 2. The van der Waals surface area contributed by atoms with Gasteiger partial charge in [-0.05, 0) is 85.3 Å². The lowest BCUT2D eigenvalue weighted by Gasteiger charge is -2.07. The monoisotopic (exact) mass is 486 g/mol. The van der Waals surface area contributed by atoms with Gasteiger partial charge in [-0.3, -0.25) is 9.59 Å². The van der Waals surface area contributed by atoms with E-state index in [0.29, 0.717) is 11.5 Å². The van der Waals surface area contributed by atoms with E-state index in [2.05, 4.69) is 21.1 Å². The van der Waals surface area contributed by atoms with Crippen LogP contribution in [0.2, 0.25) is 0 Å². The van der Waals surface area contributed by atoms with Crippen LogP contribution in [0.5, 0.6) is 11.5 Å². The fraction of sp³-hybridized carbons (Fsp3) is 0.214. The molecule has 0 fully saturated rings. The summed E-state index contributed by atoms with van der Waals surface area (Å²) in [6.45, 7) is 7.64. The summed E-state index contributed by atoms with van der Waals surface area (Å²) in [6, 6.07) is 18.8. The van der Waals surface area contributed by atoms with Crippen molar-refractivity contribution < 1.29 is 19.1 Å². The Hall–Kier alpha value is -4.46. The molecule has 8 heteroatoms. The van der Waals surface area contributed by atoms with E-state index in [4.69, 9.17) is 9.47 Å². The molecule has 0 saturated carbocycles. The van der Waals surface area contributed by atoms with Crippen molar-refractivity contribution in [2.45, 2.75) is 27.7 Å². The van der Waals surface area contributed by atoms with Crippen LogP contribution in [0.3, 0.4) is 0 Å². The minimum Gasteiger partial charge on any atom is -0.484 e. The van der Waals surface area contributed by atoms with Crippen molar-refractivity contribution in [1.29, 1.82) is 0 Å². The third-order valence-corrected chi connectivity index (χ3v) is 4.87. The van der Waals surface area contributed by atoms with Gasteiger partial charge in [-0.2, -0.15) is 10.2 Å². The standard InChI is InChI=1S/C28H30N4O4/c1-19-9-20(2)12-25(11-19)35-17-27(33)31-29-15-23-5-7-24(8-6-23)16-30-32-28(34)18-36-26-13-21(3)10-22(4)14-26/h5-16H,17-18H2,1-4H3,(H,31,33)(H,32,34)/b29-15+,30-16+. The summed E-state index contributed by atoms with van der Waals surface area (Å²) >= 11 is 0. The Morgan fingerprint density at radius 3 is 1.31 bits per heavy atom. The Morgan fingerprint density at radius 1 is 0.639 bits per heavy atom. The van der Waals surface area contributed by atoms with Crippen molar-refractivity contribution in [1.82, 2.24) is 10.9 Å². The van der Waals surface area contributed by atoms with Crippen LogP contribution < -0.4 is 20.3 Å². The van der Waals surface area contributed by atoms with Crippen molar-refractivity contribution >= 4 is 24.2 Å². The van der Waals surface area contributed by atoms with E-state index in [0.717, 1.165) is 33.4 Å². The van der Waals surface area contributed by atoms with Crippen LogP contribution >= 0.6 is 0 Å². The zero-order valence-corrected chi connectivity index (χ0v) is 20.9. The lowest BCUT2D eigenvalue weighted by atomic mass is 10.1. The molecular formula is C28H30N4O4. The summed E-state index contributed by atoms with van der Waals surface area (Å²) < 4.78 is 11.0. The Kier molecular flexibility index (Phi) is 9.33. The molecule has 3 aromatic rings. The van der Waals surface area contributed by atoms with E-state index >= 15 is 0 Å². The maximum absolute atomic E-state index is 12.0. The van der Waals surface area contributed by atoms with Crippen molar-refractivity contribution in [2.24, 2.45) is 10.2 Å². The SMILES string of the molecule is Cc1cc(C)cc(OCC(=O)N/N=C/c2ccc(/C=N/NC(=O)COc3cc(C)cc(C)c3)cc2)c1. The topological polar surface area (TPSA) is 101 Å². The molecule has 186 valence electrons. The Balaban J connectivity index is 1.38. The van der Waals surface area contributed by atoms with Crippen molar-refractivity contribution in [3.05, 3.63) is 94.0 Å². The molecule has 0 radical (unpaired) electrons. The number of benzene rings is 3. The summed E-state index contributed by atoms with van der Waals surface area (Å²) in [4.78, 5) is 23.9. The smallest absolute Gasteiger partial charge is 0.277 e. The average Bonchev–Trinajstić information content (AvgIpc) is 2.81. The molecule has 2 amide bonds. The lowest BCUT2D eigenvalue weighted by Crippen LogP contribution is -2.24. The number of nitrogens with one attached hydrogen (secondary N) is 2. The predicted molar refractivity (Wildman–Crippen MR) is 141 cm³/mol. The van der Waals surface area contributed by atoms with Gasteiger partial charge in [-0.15, -0.1) is 0 Å². The molecule has 0 unspecified atom stereocenters. The first-order valence-electron chi connectivity index (χ1n) is 11.4. The summed E-state index contributed by atoms with van der Waals surface area (Å²) in [5, 5.41) is 7.90. The molecule has 0 aliphatic rings. The number of aryl methyl sites for hydroxylation is 4. The van der Waals surface area contributed by atoms with Gasteiger partial charge < -0.3 is 9.47 Å². The molecule has 0 saturated heterocycles. The maximum atomic E-state index is 12.0. The number of ether oxygens (including phenoxy) is 2.